The van der Waals surface area contributed by atoms with E-state index in [2.05, 4.69) is 0 Å². The number of aliphatic hydroxyl groups is 1. The maximum absolute atomic E-state index is 12.0. The molecule has 1 aromatic rings. The lowest BCUT2D eigenvalue weighted by atomic mass is 9.87. The molecule has 0 atom stereocenters. The zero-order chi connectivity index (χ0) is 15.9. The van der Waals surface area contributed by atoms with Crippen LogP contribution in [-0.2, 0) is 11.2 Å². The number of carbonyl (C=O) groups is 2. The molecule has 0 radical (unpaired) electrons. The van der Waals surface area contributed by atoms with E-state index in [1.165, 1.54) is 0 Å². The van der Waals surface area contributed by atoms with E-state index in [0.29, 0.717) is 0 Å². The molecular weight excluding hydrogens is 278 g/mol. The van der Waals surface area contributed by atoms with Crippen LogP contribution in [0.3, 0.4) is 0 Å². The number of rotatable bonds is 3. The molecule has 0 heterocycles. The van der Waals surface area contributed by atoms with Crippen LogP contribution in [0.25, 0.3) is 5.76 Å². The lowest BCUT2D eigenvalue weighted by molar-refractivity contribution is -0.112. The van der Waals surface area contributed by atoms with E-state index in [1.54, 1.807) is 13.8 Å². The summed E-state index contributed by atoms with van der Waals surface area (Å²) in [6, 6.07) is 0. The molecule has 1 aliphatic carbocycles. The third-order valence-electron chi connectivity index (χ3n) is 3.31. The number of hydrogen-bond acceptors (Lipinski definition) is 7. The summed E-state index contributed by atoms with van der Waals surface area (Å²) in [6.07, 6.45) is 0.253. The fourth-order valence-electron chi connectivity index (χ4n) is 2.31. The van der Waals surface area contributed by atoms with Gasteiger partial charge in [-0.25, -0.2) is 0 Å². The topological polar surface area (TPSA) is 130 Å². The van der Waals surface area contributed by atoms with E-state index in [0.717, 1.165) is 0 Å². The van der Waals surface area contributed by atoms with Gasteiger partial charge in [-0.15, -0.1) is 0 Å². The number of ether oxygens (including phenoxy) is 1. The number of Topliss-reactive ketones (excluding diaryl/α,β-unsaturated/α-hetero) is 2. The first kappa shape index (κ1) is 14.7. The fourth-order valence-corrected chi connectivity index (χ4v) is 2.31. The molecule has 1 aliphatic rings. The van der Waals surface area contributed by atoms with Crippen molar-refractivity contribution in [3.8, 4) is 17.2 Å². The standard InChI is InChI=1S/C14H15NO6/c1-3-5-9(16)6-7(12(19)14(5)21-4-2)10(17)8(15)13(20)11(6)18/h16-17,19H,3-4,15H2,1-2H3. The monoisotopic (exact) mass is 293 g/mol. The van der Waals surface area contributed by atoms with Crippen LogP contribution in [0.4, 0.5) is 0 Å². The van der Waals surface area contributed by atoms with Crippen LogP contribution in [-0.4, -0.2) is 33.5 Å². The van der Waals surface area contributed by atoms with Crippen LogP contribution in [0.2, 0.25) is 0 Å². The smallest absolute Gasteiger partial charge is 0.253 e. The molecule has 0 aliphatic heterocycles. The van der Waals surface area contributed by atoms with Gasteiger partial charge in [0.25, 0.3) is 5.78 Å². The maximum Gasteiger partial charge on any atom is 0.253 e. The minimum atomic E-state index is -1.12. The number of aliphatic hydroxyl groups excluding tert-OH is 1. The third kappa shape index (κ3) is 1.89. The predicted molar refractivity (Wildman–Crippen MR) is 73.4 cm³/mol. The quantitative estimate of drug-likeness (QED) is 0.483. The maximum atomic E-state index is 12.0. The Morgan fingerprint density at radius 1 is 1.00 bits per heavy atom. The Labute approximate surface area is 120 Å². The zero-order valence-electron chi connectivity index (χ0n) is 11.6. The first-order valence-corrected chi connectivity index (χ1v) is 6.38. The van der Waals surface area contributed by atoms with E-state index < -0.39 is 40.1 Å². The van der Waals surface area contributed by atoms with Crippen LogP contribution in [0.1, 0.15) is 35.3 Å². The average Bonchev–Trinajstić information content (AvgIpc) is 2.46. The number of fused-ring (bicyclic) bond motifs is 1. The molecule has 0 spiro atoms. The first-order chi connectivity index (χ1) is 9.86. The molecule has 0 bridgehead atoms. The molecule has 0 aromatic heterocycles. The predicted octanol–water partition coefficient (Wildman–Crippen LogP) is 1.01. The highest BCUT2D eigenvalue weighted by molar-refractivity contribution is 6.52. The first-order valence-electron chi connectivity index (χ1n) is 6.38. The summed E-state index contributed by atoms with van der Waals surface area (Å²) in [7, 11) is 0. The molecule has 0 saturated carbocycles. The van der Waals surface area contributed by atoms with Crippen molar-refractivity contribution in [3.05, 3.63) is 22.4 Å². The molecule has 0 saturated heterocycles. The van der Waals surface area contributed by atoms with E-state index in [-0.39, 0.29) is 29.9 Å². The molecule has 7 heteroatoms. The lowest BCUT2D eigenvalue weighted by Gasteiger charge is -2.22. The SMILES string of the molecule is CCOc1c(O)c2c(c(O)c1CC)C(=O)C(=O)C(N)=C2O. The summed E-state index contributed by atoms with van der Waals surface area (Å²) in [5.74, 6) is -4.01. The number of phenolic OH excluding ortho intramolecular Hbond substituents is 2. The Hall–Kier alpha value is -2.70. The molecule has 7 nitrogen and oxygen atoms in total. The van der Waals surface area contributed by atoms with Crippen molar-refractivity contribution in [2.75, 3.05) is 6.61 Å². The Morgan fingerprint density at radius 3 is 2.14 bits per heavy atom. The van der Waals surface area contributed by atoms with Crippen molar-refractivity contribution >= 4 is 17.3 Å². The van der Waals surface area contributed by atoms with E-state index in [4.69, 9.17) is 10.5 Å². The van der Waals surface area contributed by atoms with Crippen LogP contribution in [0, 0.1) is 0 Å². The van der Waals surface area contributed by atoms with Gasteiger partial charge >= 0.3 is 0 Å². The average molecular weight is 293 g/mol. The minimum Gasteiger partial charge on any atom is -0.507 e. The van der Waals surface area contributed by atoms with E-state index in [1.807, 2.05) is 0 Å². The summed E-state index contributed by atoms with van der Waals surface area (Å²) in [6.45, 7) is 3.56. The summed E-state index contributed by atoms with van der Waals surface area (Å²) in [5.41, 5.74) is 4.04. The van der Waals surface area contributed by atoms with Gasteiger partial charge in [0, 0.05) is 5.56 Å². The van der Waals surface area contributed by atoms with Gasteiger partial charge in [-0.1, -0.05) is 6.92 Å². The van der Waals surface area contributed by atoms with Gasteiger partial charge in [-0.3, -0.25) is 9.59 Å². The van der Waals surface area contributed by atoms with Gasteiger partial charge in [-0.05, 0) is 13.3 Å². The molecule has 0 unspecified atom stereocenters. The van der Waals surface area contributed by atoms with Crippen molar-refractivity contribution in [3.63, 3.8) is 0 Å². The zero-order valence-corrected chi connectivity index (χ0v) is 11.6. The summed E-state index contributed by atoms with van der Waals surface area (Å²) < 4.78 is 5.27. The number of allylic oxidation sites excluding steroid dienone is 1. The number of phenols is 2. The van der Waals surface area contributed by atoms with Gasteiger partial charge < -0.3 is 25.8 Å². The Kier molecular flexibility index (Phi) is 3.51. The highest BCUT2D eigenvalue weighted by atomic mass is 16.5. The molecule has 0 fully saturated rings. The van der Waals surface area contributed by atoms with Crippen LogP contribution < -0.4 is 10.5 Å². The summed E-state index contributed by atoms with van der Waals surface area (Å²) in [5, 5.41) is 30.4. The van der Waals surface area contributed by atoms with E-state index >= 15 is 0 Å². The lowest BCUT2D eigenvalue weighted by Crippen LogP contribution is -2.28. The molecule has 2 rings (SSSR count). The number of carbonyl (C=O) groups excluding carboxylic acids is 2. The van der Waals surface area contributed by atoms with Crippen molar-refractivity contribution in [2.24, 2.45) is 5.73 Å². The van der Waals surface area contributed by atoms with Crippen molar-refractivity contribution in [1.82, 2.24) is 0 Å². The highest BCUT2D eigenvalue weighted by Crippen LogP contribution is 2.47. The van der Waals surface area contributed by atoms with Gasteiger partial charge in [0.15, 0.2) is 17.3 Å². The number of benzene rings is 1. The molecule has 112 valence electrons. The van der Waals surface area contributed by atoms with Gasteiger partial charge in [0.05, 0.1) is 17.7 Å². The second-order valence-corrected chi connectivity index (χ2v) is 4.46. The Balaban J connectivity index is 2.94. The minimum absolute atomic E-state index is 0.0438. The molecule has 5 N–H and O–H groups in total. The molecule has 21 heavy (non-hydrogen) atoms. The summed E-state index contributed by atoms with van der Waals surface area (Å²) in [4.78, 5) is 23.7. The normalized spacial score (nSPS) is 14.4. The summed E-state index contributed by atoms with van der Waals surface area (Å²) >= 11 is 0. The Morgan fingerprint density at radius 2 is 1.62 bits per heavy atom. The van der Waals surface area contributed by atoms with Gasteiger partial charge in [-0.2, -0.15) is 0 Å². The largest absolute Gasteiger partial charge is 0.507 e. The fraction of sp³-hybridized carbons (Fsp3) is 0.286. The number of hydrogen-bond donors (Lipinski definition) is 4. The van der Waals surface area contributed by atoms with Gasteiger partial charge in [0.1, 0.15) is 11.4 Å². The van der Waals surface area contributed by atoms with Crippen LogP contribution >= 0.6 is 0 Å². The van der Waals surface area contributed by atoms with Crippen molar-refractivity contribution < 1.29 is 29.6 Å². The van der Waals surface area contributed by atoms with E-state index in [9.17, 15) is 24.9 Å². The number of ketones is 2. The van der Waals surface area contributed by atoms with Crippen molar-refractivity contribution in [1.29, 1.82) is 0 Å². The third-order valence-corrected chi connectivity index (χ3v) is 3.31. The highest BCUT2D eigenvalue weighted by Gasteiger charge is 2.38. The number of nitrogens with two attached hydrogens (primary N) is 1. The second-order valence-electron chi connectivity index (χ2n) is 4.46. The molecular formula is C14H15NO6. The Bertz CT molecular complexity index is 689. The van der Waals surface area contributed by atoms with Crippen LogP contribution in [0.5, 0.6) is 17.2 Å². The molecule has 0 amide bonds. The number of aromatic hydroxyl groups is 2. The van der Waals surface area contributed by atoms with Gasteiger partial charge in [0.2, 0.25) is 5.78 Å². The molecule has 1 aromatic carbocycles. The second kappa shape index (κ2) is 5.01. The van der Waals surface area contributed by atoms with Crippen molar-refractivity contribution in [2.45, 2.75) is 20.3 Å². The van der Waals surface area contributed by atoms with Crippen LogP contribution in [0.15, 0.2) is 5.70 Å².